The molecule has 1 aliphatic heterocycles. The Morgan fingerprint density at radius 1 is 0.402 bits per heavy atom. The number of aliphatic imine (C=N–C) groups is 2. The maximum Gasteiger partial charge on any atom is 0.325 e. The van der Waals surface area contributed by atoms with E-state index in [9.17, 15) is 67.4 Å². The van der Waals surface area contributed by atoms with E-state index in [0.29, 0.717) is 38.5 Å². The monoisotopic (exact) mass is 1450 g/mol. The molecular weight excluding hydrogens is 1320 g/mol. The van der Waals surface area contributed by atoms with E-state index in [2.05, 4.69) is 68.5 Å². The van der Waals surface area contributed by atoms with Crippen LogP contribution in [0.3, 0.4) is 0 Å². The van der Waals surface area contributed by atoms with E-state index in [-0.39, 0.29) is 133 Å². The van der Waals surface area contributed by atoms with Crippen LogP contribution in [0.25, 0.3) is 0 Å². The molecule has 0 radical (unpaired) electrons. The topological polar surface area (TPSA) is 585 Å². The molecule has 1 aliphatic rings. The number of nitrogens with one attached hydrogen (secondary N) is 11. The lowest BCUT2D eigenvalue weighted by Gasteiger charge is -2.31. The van der Waals surface area contributed by atoms with Crippen LogP contribution in [-0.2, 0) is 62.3 Å². The smallest absolute Gasteiger partial charge is 0.325 e. The molecular formula is C67H125N21O14. The fourth-order valence-electron chi connectivity index (χ4n) is 11.1. The van der Waals surface area contributed by atoms with Gasteiger partial charge in [0.2, 0.25) is 70.9 Å². The number of likely N-dealkylation sites (tertiary alicyclic amines) is 1. The number of hydrogen-bond acceptors (Lipinski definition) is 18. The summed E-state index contributed by atoms with van der Waals surface area (Å²) in [5.41, 5.74) is 39.7. The molecule has 35 nitrogen and oxygen atoms in total. The molecule has 582 valence electrons. The number of rotatable bonds is 49. The summed E-state index contributed by atoms with van der Waals surface area (Å²) in [7, 11) is 0. The van der Waals surface area contributed by atoms with Crippen LogP contribution in [0.15, 0.2) is 9.98 Å². The van der Waals surface area contributed by atoms with E-state index in [1.165, 1.54) is 25.7 Å². The highest BCUT2D eigenvalue weighted by Gasteiger charge is 2.41. The van der Waals surface area contributed by atoms with Crippen LogP contribution in [-0.4, -0.2) is 210 Å². The van der Waals surface area contributed by atoms with Crippen LogP contribution in [0.5, 0.6) is 0 Å². The number of carbonyl (C=O) groups is 13. The van der Waals surface area contributed by atoms with Gasteiger partial charge < -0.3 is 109 Å². The molecule has 0 aliphatic carbocycles. The highest BCUT2D eigenvalue weighted by atomic mass is 16.4. The quantitative estimate of drug-likeness (QED) is 0.0164. The summed E-state index contributed by atoms with van der Waals surface area (Å²) in [6, 6.07) is -15.6. The molecule has 12 amide bonds. The van der Waals surface area contributed by atoms with Crippen molar-refractivity contribution >= 4 is 88.8 Å². The Morgan fingerprint density at radius 3 is 1.17 bits per heavy atom. The van der Waals surface area contributed by atoms with Crippen molar-refractivity contribution in [2.75, 3.05) is 32.7 Å². The molecule has 0 bridgehead atoms. The Balaban J connectivity index is 3.39. The zero-order chi connectivity index (χ0) is 77.7. The summed E-state index contributed by atoms with van der Waals surface area (Å²) >= 11 is 0. The first-order chi connectivity index (χ1) is 47.7. The van der Waals surface area contributed by atoms with Crippen molar-refractivity contribution in [1.82, 2.24) is 63.4 Å². The van der Waals surface area contributed by atoms with Gasteiger partial charge in [0.05, 0.1) is 6.04 Å². The average molecular weight is 1450 g/mol. The van der Waals surface area contributed by atoms with Crippen LogP contribution in [0, 0.1) is 29.6 Å². The first kappa shape index (κ1) is 91.5. The van der Waals surface area contributed by atoms with Crippen molar-refractivity contribution in [3.63, 3.8) is 0 Å². The highest BCUT2D eigenvalue weighted by Crippen LogP contribution is 2.22. The number of unbranched alkanes of at least 4 members (excludes halogenated alkanes) is 2. The predicted molar refractivity (Wildman–Crippen MR) is 387 cm³/mol. The van der Waals surface area contributed by atoms with Crippen LogP contribution in [0.1, 0.15) is 193 Å². The molecule has 0 aromatic rings. The van der Waals surface area contributed by atoms with Gasteiger partial charge in [0.25, 0.3) is 0 Å². The van der Waals surface area contributed by atoms with Gasteiger partial charge in [0.15, 0.2) is 11.9 Å². The minimum absolute atomic E-state index is 0.0390. The van der Waals surface area contributed by atoms with Gasteiger partial charge in [-0.25, -0.2) is 0 Å². The standard InChI is InChI=1S/C67H125N21O14/c1-35(2)31-47(58(94)77-40(11)53(89)83-49(33-37(5)6)60(96)85-48(32-36(3)4)59(95)79-42(13)65(101)102)84-61(97)50(34-38(7)8)86-63(99)52(39(9)10)87-54(90)41(12)78-62(98)51-25-20-30-88(51)64(100)46(23-15-17-27-69)82-57(93)44(22-14-16-26-68)81-56(92)45(24-19-29-76-67(73)74)80-55(91)43(70)21-18-28-75-66(71)72/h35-52H,14-34,68-70H2,1-13H3,(H,77,94)(H,78,98)(H,79,95)(H,80,91)(H,81,92)(H,82,93)(H,83,89)(H,84,97)(H,85,96)(H,86,99)(H,87,90)(H,101,102)(H4,71,72,75)(H4,73,74,76)/t40-,41-,42-,43-,44-,45-,46-,47-,48-,49-,50-,51-,52-/m0/s1. The average Bonchev–Trinajstić information content (AvgIpc) is 1.70. The van der Waals surface area contributed by atoms with E-state index >= 15 is 0 Å². The SMILES string of the molecule is CC(C)C[C@H](NC(=O)[C@H](C)NC(=O)[C@H](CC(C)C)NC(=O)[C@H](CC(C)C)NC(=O)[C@@H](NC(=O)[C@H](C)NC(=O)[C@@H]1CCCN1C(=O)[C@H](CCCCN)NC(=O)[C@H](CCCCN)NC(=O)[C@H](CCCN=C(N)N)NC(=O)[C@@H](N)CCCN=C(N)N)C(C)C)C(=O)N[C@@H](CC(C)C)C(=O)N[C@@H](C)C(=O)O. The second-order valence-corrected chi connectivity index (χ2v) is 28.5. The predicted octanol–water partition coefficient (Wildman–Crippen LogP) is -3.01. The Hall–Kier alpha value is -8.47. The summed E-state index contributed by atoms with van der Waals surface area (Å²) in [6.45, 7) is 22.9. The van der Waals surface area contributed by atoms with Crippen molar-refractivity contribution in [2.24, 2.45) is 79.7 Å². The van der Waals surface area contributed by atoms with E-state index < -0.39 is 161 Å². The van der Waals surface area contributed by atoms with Gasteiger partial charge in [-0.1, -0.05) is 69.2 Å². The van der Waals surface area contributed by atoms with E-state index in [1.807, 2.05) is 55.4 Å². The van der Waals surface area contributed by atoms with Crippen LogP contribution < -0.4 is 98.6 Å². The second kappa shape index (κ2) is 47.7. The Kier molecular flexibility index (Phi) is 42.8. The number of carbonyl (C=O) groups excluding carboxylic acids is 12. The number of nitrogens with two attached hydrogens (primary N) is 7. The molecule has 0 aromatic carbocycles. The lowest BCUT2D eigenvalue weighted by atomic mass is 9.98. The highest BCUT2D eigenvalue weighted by molar-refractivity contribution is 6.00. The first-order valence-electron chi connectivity index (χ1n) is 35.9. The van der Waals surface area contributed by atoms with Crippen molar-refractivity contribution in [3.8, 4) is 0 Å². The number of hydrogen-bond donors (Lipinski definition) is 19. The van der Waals surface area contributed by atoms with Crippen molar-refractivity contribution < 1.29 is 67.4 Å². The number of aliphatic carboxylic acids is 1. The summed E-state index contributed by atoms with van der Waals surface area (Å²) in [5.74, 6) is -11.3. The van der Waals surface area contributed by atoms with Gasteiger partial charge in [-0.2, -0.15) is 0 Å². The molecule has 0 spiro atoms. The molecule has 13 atom stereocenters. The van der Waals surface area contributed by atoms with Gasteiger partial charge in [-0.15, -0.1) is 0 Å². The maximum atomic E-state index is 14.7. The van der Waals surface area contributed by atoms with Crippen molar-refractivity contribution in [1.29, 1.82) is 0 Å². The molecule has 26 N–H and O–H groups in total. The van der Waals surface area contributed by atoms with Crippen LogP contribution >= 0.6 is 0 Å². The van der Waals surface area contributed by atoms with E-state index in [4.69, 9.17) is 40.1 Å². The molecule has 0 saturated carbocycles. The van der Waals surface area contributed by atoms with Gasteiger partial charge in [-0.05, 0) is 166 Å². The molecule has 1 saturated heterocycles. The molecule has 1 fully saturated rings. The fraction of sp³-hybridized carbons (Fsp3) is 0.776. The third kappa shape index (κ3) is 35.4. The number of carboxylic acid groups (broad SMARTS) is 1. The van der Waals surface area contributed by atoms with Gasteiger partial charge in [0.1, 0.15) is 72.5 Å². The third-order valence-corrected chi connectivity index (χ3v) is 16.7. The first-order valence-corrected chi connectivity index (χ1v) is 35.9. The Morgan fingerprint density at radius 2 is 0.745 bits per heavy atom. The zero-order valence-electron chi connectivity index (χ0n) is 62.4. The summed E-state index contributed by atoms with van der Waals surface area (Å²) < 4.78 is 0. The Bertz CT molecular complexity index is 2800. The molecule has 0 unspecified atom stereocenters. The lowest BCUT2D eigenvalue weighted by molar-refractivity contribution is -0.142. The summed E-state index contributed by atoms with van der Waals surface area (Å²) in [4.78, 5) is 189. The second-order valence-electron chi connectivity index (χ2n) is 28.5. The largest absolute Gasteiger partial charge is 0.480 e. The third-order valence-electron chi connectivity index (χ3n) is 16.7. The van der Waals surface area contributed by atoms with E-state index in [1.54, 1.807) is 13.8 Å². The molecule has 35 heteroatoms. The van der Waals surface area contributed by atoms with Crippen LogP contribution in [0.2, 0.25) is 0 Å². The normalized spacial score (nSPS) is 16.4. The lowest BCUT2D eigenvalue weighted by Crippen LogP contribution is -2.61. The number of carboxylic acids is 1. The van der Waals surface area contributed by atoms with Gasteiger partial charge in [0, 0.05) is 19.6 Å². The Labute approximate surface area is 601 Å². The van der Waals surface area contributed by atoms with E-state index in [0.717, 1.165) is 0 Å². The molecule has 102 heavy (non-hydrogen) atoms. The van der Waals surface area contributed by atoms with Gasteiger partial charge in [-0.3, -0.25) is 72.3 Å². The summed E-state index contributed by atoms with van der Waals surface area (Å²) in [5, 5.41) is 38.8. The maximum absolute atomic E-state index is 14.7. The minimum Gasteiger partial charge on any atom is -0.480 e. The fourth-order valence-corrected chi connectivity index (χ4v) is 11.1. The van der Waals surface area contributed by atoms with Crippen molar-refractivity contribution in [3.05, 3.63) is 0 Å². The van der Waals surface area contributed by atoms with Gasteiger partial charge >= 0.3 is 5.97 Å². The van der Waals surface area contributed by atoms with Crippen molar-refractivity contribution in [2.45, 2.75) is 271 Å². The molecule has 1 heterocycles. The molecule has 1 rings (SSSR count). The van der Waals surface area contributed by atoms with Crippen LogP contribution in [0.4, 0.5) is 0 Å². The minimum atomic E-state index is -1.28. The number of guanidine groups is 2. The summed E-state index contributed by atoms with van der Waals surface area (Å²) in [6.07, 6.45) is 3.77. The zero-order valence-corrected chi connectivity index (χ0v) is 62.4. The number of amides is 12. The molecule has 0 aromatic heterocycles. The number of nitrogens with zero attached hydrogens (tertiary/aromatic N) is 3.